The van der Waals surface area contributed by atoms with E-state index in [0.717, 1.165) is 0 Å². The molecule has 0 aromatic heterocycles. The van der Waals surface area contributed by atoms with E-state index in [4.69, 9.17) is 0 Å². The first-order valence-electron chi connectivity index (χ1n) is 2.12. The van der Waals surface area contributed by atoms with Crippen molar-refractivity contribution in [3.05, 3.63) is 0 Å². The van der Waals surface area contributed by atoms with Gasteiger partial charge in [-0.1, -0.05) is 0 Å². The van der Waals surface area contributed by atoms with Crippen LogP contribution in [0.25, 0.3) is 0 Å². The van der Waals surface area contributed by atoms with Crippen LogP contribution in [0.1, 0.15) is 12.8 Å². The Morgan fingerprint density at radius 3 is 1.56 bits per heavy atom. The van der Waals surface area contributed by atoms with E-state index in [1.54, 1.807) is 0 Å². The van der Waals surface area contributed by atoms with E-state index >= 15 is 0 Å². The number of imide groups is 1. The number of carbonyl (C=O) groups is 2. The normalized spacial score (nSPS) is 15.6. The van der Waals surface area contributed by atoms with Crippen molar-refractivity contribution in [2.24, 2.45) is 0 Å². The van der Waals surface area contributed by atoms with Gasteiger partial charge in [-0.25, -0.2) is 0 Å². The molecule has 0 saturated carbocycles. The molecule has 0 bridgehead atoms. The topological polar surface area (TPSA) is 46.2 Å². The molecule has 1 fully saturated rings. The number of nitrogens with one attached hydrogen (secondary N) is 1. The summed E-state index contributed by atoms with van der Waals surface area (Å²) in [6.45, 7) is 0. The molecule has 1 aliphatic rings. The van der Waals surface area contributed by atoms with Gasteiger partial charge in [-0.3, -0.25) is 14.9 Å². The van der Waals surface area contributed by atoms with E-state index in [2.05, 4.69) is 5.32 Å². The van der Waals surface area contributed by atoms with Gasteiger partial charge in [0, 0.05) is 33.9 Å². The van der Waals surface area contributed by atoms with Gasteiger partial charge in [0.2, 0.25) is 11.8 Å². The minimum absolute atomic E-state index is 0. The quantitative estimate of drug-likeness (QED) is 0.379. The number of hydrogen-bond acceptors (Lipinski definition) is 2. The first kappa shape index (κ1) is 11.7. The van der Waals surface area contributed by atoms with Crippen LogP contribution in [0, 0.1) is 0 Å². The summed E-state index contributed by atoms with van der Waals surface area (Å²) >= 11 is 0. The standard InChI is InChI=1S/C4H5NO2.BH3.Mo/c6-3-1-2-4(7)5-3;;/h1-2H2,(H,5,6,7);1H3;. The Bertz CT molecular complexity index is 114. The molecule has 0 aliphatic carbocycles. The Labute approximate surface area is 69.4 Å². The second kappa shape index (κ2) is 4.74. The summed E-state index contributed by atoms with van der Waals surface area (Å²) in [5.41, 5.74) is 0. The Morgan fingerprint density at radius 2 is 1.44 bits per heavy atom. The molecule has 1 rings (SSSR count). The van der Waals surface area contributed by atoms with Gasteiger partial charge < -0.3 is 0 Å². The molecule has 0 spiro atoms. The molecule has 0 aromatic carbocycles. The molecule has 0 unspecified atom stereocenters. The zero-order valence-electron chi connectivity index (χ0n) is 4.14. The smallest absolute Gasteiger partial charge is 0.227 e. The molecule has 1 aliphatic heterocycles. The van der Waals surface area contributed by atoms with Gasteiger partial charge in [-0.05, 0) is 0 Å². The Hall–Kier alpha value is -0.107. The van der Waals surface area contributed by atoms with Gasteiger partial charge >= 0.3 is 0 Å². The van der Waals surface area contributed by atoms with Gasteiger partial charge in [-0.2, -0.15) is 0 Å². The van der Waals surface area contributed by atoms with Crippen LogP contribution in [-0.4, -0.2) is 20.2 Å². The molecule has 0 aromatic rings. The molecule has 9 heavy (non-hydrogen) atoms. The summed E-state index contributed by atoms with van der Waals surface area (Å²) in [7, 11) is 0. The molecule has 50 valence electrons. The largest absolute Gasteiger partial charge is 0.296 e. The first-order chi connectivity index (χ1) is 3.29. The van der Waals surface area contributed by atoms with Crippen molar-refractivity contribution in [1.29, 1.82) is 0 Å². The van der Waals surface area contributed by atoms with Gasteiger partial charge in [-0.15, -0.1) is 0 Å². The average Bonchev–Trinajstić information content (AvgIpc) is 1.87. The van der Waals surface area contributed by atoms with Crippen molar-refractivity contribution < 1.29 is 30.7 Å². The van der Waals surface area contributed by atoms with E-state index in [-0.39, 0.29) is 41.3 Å². The van der Waals surface area contributed by atoms with Crippen molar-refractivity contribution in [3.8, 4) is 0 Å². The van der Waals surface area contributed by atoms with Crippen molar-refractivity contribution in [1.82, 2.24) is 5.32 Å². The van der Waals surface area contributed by atoms with Crippen LogP contribution in [0.2, 0.25) is 0 Å². The molecule has 2 amide bonds. The van der Waals surface area contributed by atoms with Gasteiger partial charge in [0.1, 0.15) is 0 Å². The predicted octanol–water partition coefficient (Wildman–Crippen LogP) is -1.76. The molecule has 0 atom stereocenters. The fourth-order valence-corrected chi connectivity index (χ4v) is 0.508. The summed E-state index contributed by atoms with van der Waals surface area (Å²) in [4.78, 5) is 20.2. The second-order valence-corrected chi connectivity index (χ2v) is 1.47. The van der Waals surface area contributed by atoms with Crippen LogP contribution in [0.4, 0.5) is 0 Å². The predicted molar refractivity (Wildman–Crippen MR) is 32.3 cm³/mol. The number of hydrogen-bond donors (Lipinski definition) is 1. The maximum Gasteiger partial charge on any atom is 0.227 e. The number of amides is 2. The summed E-state index contributed by atoms with van der Waals surface area (Å²) in [6, 6.07) is 0. The van der Waals surface area contributed by atoms with Crippen LogP contribution in [0.3, 0.4) is 0 Å². The molecule has 3 nitrogen and oxygen atoms in total. The molecule has 1 N–H and O–H groups in total. The molecular weight excluding hydrogens is 201 g/mol. The monoisotopic (exact) mass is 211 g/mol. The van der Waals surface area contributed by atoms with Gasteiger partial charge in [0.25, 0.3) is 0 Å². The second-order valence-electron chi connectivity index (χ2n) is 1.47. The van der Waals surface area contributed by atoms with E-state index in [9.17, 15) is 9.59 Å². The molecule has 1 heterocycles. The van der Waals surface area contributed by atoms with Crippen LogP contribution >= 0.6 is 0 Å². The SMILES string of the molecule is B.O=C1CCC(=O)N1.[Mo]. The van der Waals surface area contributed by atoms with Gasteiger partial charge in [0.15, 0.2) is 0 Å². The number of carbonyl (C=O) groups excluding carboxylic acids is 2. The van der Waals surface area contributed by atoms with Crippen LogP contribution in [-0.2, 0) is 30.7 Å². The van der Waals surface area contributed by atoms with Crippen molar-refractivity contribution in [3.63, 3.8) is 0 Å². The maximum absolute atomic E-state index is 10.1. The van der Waals surface area contributed by atoms with Crippen LogP contribution < -0.4 is 5.32 Å². The molecule has 0 radical (unpaired) electrons. The Kier molecular flexibility index (Phi) is 6.14. The minimum Gasteiger partial charge on any atom is -0.296 e. The fraction of sp³-hybridized carbons (Fsp3) is 0.500. The summed E-state index contributed by atoms with van der Waals surface area (Å²) < 4.78 is 0. The number of rotatable bonds is 0. The van der Waals surface area contributed by atoms with Crippen molar-refractivity contribution in [2.45, 2.75) is 12.8 Å². The van der Waals surface area contributed by atoms with Crippen LogP contribution in [0.5, 0.6) is 0 Å². The van der Waals surface area contributed by atoms with E-state index < -0.39 is 0 Å². The molecule has 5 heteroatoms. The molecular formula is C4H8BMoNO2. The van der Waals surface area contributed by atoms with E-state index in [0.29, 0.717) is 12.8 Å². The maximum atomic E-state index is 10.1. The zero-order chi connectivity index (χ0) is 5.28. The Balaban J connectivity index is 0. The first-order valence-corrected chi connectivity index (χ1v) is 2.12. The third-order valence-electron chi connectivity index (χ3n) is 0.858. The summed E-state index contributed by atoms with van der Waals surface area (Å²) in [6.07, 6.45) is 0.748. The summed E-state index contributed by atoms with van der Waals surface area (Å²) in [5, 5.41) is 2.14. The average molecular weight is 209 g/mol. The van der Waals surface area contributed by atoms with Crippen molar-refractivity contribution >= 4 is 20.2 Å². The van der Waals surface area contributed by atoms with Crippen LogP contribution in [0.15, 0.2) is 0 Å². The van der Waals surface area contributed by atoms with Gasteiger partial charge in [0.05, 0.1) is 8.41 Å². The van der Waals surface area contributed by atoms with E-state index in [1.165, 1.54) is 0 Å². The zero-order valence-corrected chi connectivity index (χ0v) is 6.15. The third-order valence-corrected chi connectivity index (χ3v) is 0.858. The Morgan fingerprint density at radius 1 is 1.11 bits per heavy atom. The minimum atomic E-state index is -0.148. The fourth-order valence-electron chi connectivity index (χ4n) is 0.508. The van der Waals surface area contributed by atoms with Crippen molar-refractivity contribution in [2.75, 3.05) is 0 Å². The third kappa shape index (κ3) is 3.47. The molecule has 1 saturated heterocycles. The summed E-state index contributed by atoms with van der Waals surface area (Å²) in [5.74, 6) is -0.296. The van der Waals surface area contributed by atoms with E-state index in [1.807, 2.05) is 0 Å².